The number of hydrogen-bond acceptors (Lipinski definition) is 5. The van der Waals surface area contributed by atoms with Gasteiger partial charge in [0.15, 0.2) is 5.82 Å². The monoisotopic (exact) mass is 432 g/mol. The maximum atomic E-state index is 12.8. The van der Waals surface area contributed by atoms with Crippen molar-refractivity contribution in [1.29, 1.82) is 0 Å². The van der Waals surface area contributed by atoms with E-state index in [0.717, 1.165) is 43.7 Å². The molecule has 1 aliphatic rings. The van der Waals surface area contributed by atoms with Crippen molar-refractivity contribution in [3.05, 3.63) is 40.3 Å². The van der Waals surface area contributed by atoms with Crippen LogP contribution in [0.5, 0.6) is 0 Å². The molecule has 3 heterocycles. The number of carbonyl (C=O) groups excluding carboxylic acids is 2. The summed E-state index contributed by atoms with van der Waals surface area (Å²) >= 11 is 6.26. The Bertz CT molecular complexity index is 905. The van der Waals surface area contributed by atoms with Crippen molar-refractivity contribution < 1.29 is 9.59 Å². The highest BCUT2D eigenvalue weighted by molar-refractivity contribution is 6.33. The number of halogens is 1. The Hall–Kier alpha value is -2.45. The van der Waals surface area contributed by atoms with Gasteiger partial charge in [0.1, 0.15) is 5.69 Å². The molecule has 0 saturated carbocycles. The van der Waals surface area contributed by atoms with Crippen LogP contribution in [-0.4, -0.2) is 63.7 Å². The molecule has 8 nitrogen and oxygen atoms in total. The Kier molecular flexibility index (Phi) is 7.44. The average molecular weight is 433 g/mol. The van der Waals surface area contributed by atoms with Crippen molar-refractivity contribution in [2.45, 2.75) is 46.1 Å². The van der Waals surface area contributed by atoms with E-state index in [-0.39, 0.29) is 23.6 Å². The Morgan fingerprint density at radius 3 is 2.60 bits per heavy atom. The summed E-state index contributed by atoms with van der Waals surface area (Å²) in [6.45, 7) is 8.51. The summed E-state index contributed by atoms with van der Waals surface area (Å²) in [5.74, 6) is 0.321. The fraction of sp³-hybridized carbons (Fsp3) is 0.524. The molecule has 162 valence electrons. The van der Waals surface area contributed by atoms with Crippen molar-refractivity contribution in [2.75, 3.05) is 26.2 Å². The maximum Gasteiger partial charge on any atom is 0.271 e. The molecular weight excluding hydrogens is 404 g/mol. The molecule has 0 aromatic carbocycles. The van der Waals surface area contributed by atoms with Crippen LogP contribution in [0.1, 0.15) is 48.1 Å². The average Bonchev–Trinajstić information content (AvgIpc) is 3.06. The van der Waals surface area contributed by atoms with Gasteiger partial charge in [-0.3, -0.25) is 14.5 Å². The second-order valence-electron chi connectivity index (χ2n) is 7.71. The third kappa shape index (κ3) is 5.58. The molecule has 2 aromatic heterocycles. The Balaban J connectivity index is 1.58. The molecule has 2 aromatic rings. The van der Waals surface area contributed by atoms with Crippen LogP contribution in [0, 0.1) is 13.8 Å². The SMILES string of the molecule is CCCNC(=O)CN1CCC(NC(=O)c2nc(-n3nc(C)cc3C)ccc2Cl)CC1. The number of pyridine rings is 1. The number of hydrogen-bond donors (Lipinski definition) is 2. The number of rotatable bonds is 7. The number of nitrogens with zero attached hydrogens (tertiary/aromatic N) is 4. The van der Waals surface area contributed by atoms with E-state index in [4.69, 9.17) is 11.6 Å². The van der Waals surface area contributed by atoms with Crippen molar-refractivity contribution >= 4 is 23.4 Å². The van der Waals surface area contributed by atoms with Gasteiger partial charge in [-0.15, -0.1) is 0 Å². The Morgan fingerprint density at radius 1 is 1.23 bits per heavy atom. The summed E-state index contributed by atoms with van der Waals surface area (Å²) in [7, 11) is 0. The summed E-state index contributed by atoms with van der Waals surface area (Å²) in [5, 5.41) is 10.7. The van der Waals surface area contributed by atoms with Crippen LogP contribution in [0.15, 0.2) is 18.2 Å². The van der Waals surface area contributed by atoms with Crippen molar-refractivity contribution in [3.8, 4) is 5.82 Å². The molecule has 1 aliphatic heterocycles. The third-order valence-corrected chi connectivity index (χ3v) is 5.44. The van der Waals surface area contributed by atoms with Gasteiger partial charge in [-0.25, -0.2) is 9.67 Å². The lowest BCUT2D eigenvalue weighted by Gasteiger charge is -2.31. The highest BCUT2D eigenvalue weighted by Crippen LogP contribution is 2.19. The van der Waals surface area contributed by atoms with Crippen LogP contribution in [0.25, 0.3) is 5.82 Å². The molecule has 2 amide bonds. The van der Waals surface area contributed by atoms with Crippen molar-refractivity contribution in [2.24, 2.45) is 0 Å². The molecule has 9 heteroatoms. The molecule has 0 atom stereocenters. The van der Waals surface area contributed by atoms with Crippen LogP contribution in [-0.2, 0) is 4.79 Å². The highest BCUT2D eigenvalue weighted by Gasteiger charge is 2.24. The number of aromatic nitrogens is 3. The first-order valence-electron chi connectivity index (χ1n) is 10.4. The van der Waals surface area contributed by atoms with Gasteiger partial charge in [0, 0.05) is 31.4 Å². The molecule has 0 bridgehead atoms. The number of aryl methyl sites for hydroxylation is 2. The quantitative estimate of drug-likeness (QED) is 0.700. The molecule has 0 aliphatic carbocycles. The number of carbonyl (C=O) groups is 2. The topological polar surface area (TPSA) is 92.2 Å². The summed E-state index contributed by atoms with van der Waals surface area (Å²) in [6.07, 6.45) is 2.49. The second kappa shape index (κ2) is 10.0. The van der Waals surface area contributed by atoms with Crippen LogP contribution < -0.4 is 10.6 Å². The van der Waals surface area contributed by atoms with Gasteiger partial charge in [-0.1, -0.05) is 18.5 Å². The Morgan fingerprint density at radius 2 is 1.97 bits per heavy atom. The molecule has 0 unspecified atom stereocenters. The van der Waals surface area contributed by atoms with Gasteiger partial charge in [-0.2, -0.15) is 5.10 Å². The Labute approximate surface area is 182 Å². The first kappa shape index (κ1) is 22.2. The molecule has 2 N–H and O–H groups in total. The minimum atomic E-state index is -0.289. The van der Waals surface area contributed by atoms with Crippen molar-refractivity contribution in [3.63, 3.8) is 0 Å². The molecule has 0 spiro atoms. The van der Waals surface area contributed by atoms with E-state index in [9.17, 15) is 9.59 Å². The van der Waals surface area contributed by atoms with Crippen LogP contribution in [0.3, 0.4) is 0 Å². The molecule has 1 fully saturated rings. The summed E-state index contributed by atoms with van der Waals surface area (Å²) in [6, 6.07) is 5.40. The normalized spacial score (nSPS) is 15.2. The number of nitrogens with one attached hydrogen (secondary N) is 2. The van der Waals surface area contributed by atoms with E-state index in [1.165, 1.54) is 0 Å². The van der Waals surface area contributed by atoms with Crippen LogP contribution >= 0.6 is 11.6 Å². The summed E-state index contributed by atoms with van der Waals surface area (Å²) < 4.78 is 1.70. The molecule has 0 radical (unpaired) electrons. The zero-order valence-electron chi connectivity index (χ0n) is 17.7. The molecule has 1 saturated heterocycles. The fourth-order valence-electron chi connectivity index (χ4n) is 3.58. The molecule has 3 rings (SSSR count). The maximum absolute atomic E-state index is 12.8. The van der Waals surface area contributed by atoms with Gasteiger partial charge >= 0.3 is 0 Å². The van der Waals surface area contributed by atoms with Gasteiger partial charge in [-0.05, 0) is 51.3 Å². The van der Waals surface area contributed by atoms with E-state index < -0.39 is 0 Å². The van der Waals surface area contributed by atoms with Crippen LogP contribution in [0.4, 0.5) is 0 Å². The van der Waals surface area contributed by atoms with E-state index in [0.29, 0.717) is 23.9 Å². The van der Waals surface area contributed by atoms with Crippen LogP contribution in [0.2, 0.25) is 5.02 Å². The number of piperidine rings is 1. The third-order valence-electron chi connectivity index (χ3n) is 5.14. The van der Waals surface area contributed by atoms with E-state index in [2.05, 4.69) is 25.6 Å². The largest absolute Gasteiger partial charge is 0.355 e. The lowest BCUT2D eigenvalue weighted by molar-refractivity contribution is -0.122. The molecular formula is C21H29ClN6O2. The number of likely N-dealkylation sites (tertiary alicyclic amines) is 1. The standard InChI is InChI=1S/C21H29ClN6O2/c1-4-9-23-19(29)13-27-10-7-16(8-11-27)24-21(30)20-17(22)5-6-18(25-20)28-15(3)12-14(2)26-28/h5-6,12,16H,4,7-11,13H2,1-3H3,(H,23,29)(H,24,30). The second-order valence-corrected chi connectivity index (χ2v) is 8.12. The lowest BCUT2D eigenvalue weighted by atomic mass is 10.0. The highest BCUT2D eigenvalue weighted by atomic mass is 35.5. The van der Waals surface area contributed by atoms with E-state index in [1.807, 2.05) is 26.8 Å². The minimum absolute atomic E-state index is 0.0302. The van der Waals surface area contributed by atoms with E-state index in [1.54, 1.807) is 16.8 Å². The zero-order valence-corrected chi connectivity index (χ0v) is 18.5. The summed E-state index contributed by atoms with van der Waals surface area (Å²) in [5.41, 5.74) is 2.01. The summed E-state index contributed by atoms with van der Waals surface area (Å²) in [4.78, 5) is 31.3. The predicted octanol–water partition coefficient (Wildman–Crippen LogP) is 2.26. The lowest BCUT2D eigenvalue weighted by Crippen LogP contribution is -2.47. The van der Waals surface area contributed by atoms with Gasteiger partial charge in [0.25, 0.3) is 5.91 Å². The zero-order chi connectivity index (χ0) is 21.7. The van der Waals surface area contributed by atoms with Gasteiger partial charge in [0.05, 0.1) is 17.3 Å². The minimum Gasteiger partial charge on any atom is -0.355 e. The first-order valence-corrected chi connectivity index (χ1v) is 10.7. The first-order chi connectivity index (χ1) is 14.4. The molecule has 30 heavy (non-hydrogen) atoms. The van der Waals surface area contributed by atoms with Gasteiger partial charge < -0.3 is 10.6 Å². The van der Waals surface area contributed by atoms with E-state index >= 15 is 0 Å². The van der Waals surface area contributed by atoms with Crippen molar-refractivity contribution in [1.82, 2.24) is 30.3 Å². The smallest absolute Gasteiger partial charge is 0.271 e. The number of amides is 2. The fourth-order valence-corrected chi connectivity index (χ4v) is 3.77. The predicted molar refractivity (Wildman–Crippen MR) is 116 cm³/mol. The van der Waals surface area contributed by atoms with Gasteiger partial charge in [0.2, 0.25) is 5.91 Å².